The molecule has 0 fully saturated rings. The largest absolute Gasteiger partial charge is 0.324 e. The molecule has 0 aliphatic rings. The Morgan fingerprint density at radius 3 is 2.43 bits per heavy atom. The minimum absolute atomic E-state index is 0.0233. The van der Waals surface area contributed by atoms with Crippen LogP contribution in [0.3, 0.4) is 0 Å². The normalized spacial score (nSPS) is 10.6. The molecule has 4 heteroatoms. The van der Waals surface area contributed by atoms with E-state index in [9.17, 15) is 4.79 Å². The molecule has 1 amide bonds. The summed E-state index contributed by atoms with van der Waals surface area (Å²) in [5, 5.41) is 6.08. The van der Waals surface area contributed by atoms with Gasteiger partial charge >= 0.3 is 0 Å². The predicted molar refractivity (Wildman–Crippen MR) is 88.8 cm³/mol. The molecule has 2 N–H and O–H groups in total. The van der Waals surface area contributed by atoms with Crippen LogP contribution in [0.5, 0.6) is 0 Å². The summed E-state index contributed by atoms with van der Waals surface area (Å²) in [6, 6.07) is 18.3. The molecule has 0 aliphatic carbocycles. The summed E-state index contributed by atoms with van der Waals surface area (Å²) in [4.78, 5) is 14.1. The van der Waals surface area contributed by atoms with Gasteiger partial charge in [0.05, 0.1) is 12.2 Å². The Morgan fingerprint density at radius 1 is 1.05 bits per heavy atom. The quantitative estimate of drug-likeness (QED) is 0.853. The van der Waals surface area contributed by atoms with E-state index in [0.29, 0.717) is 12.6 Å². The molecule has 3 nitrogen and oxygen atoms in total. The van der Waals surface area contributed by atoms with Crippen molar-refractivity contribution in [2.45, 2.75) is 29.7 Å². The van der Waals surface area contributed by atoms with Gasteiger partial charge in [-0.1, -0.05) is 55.9 Å². The molecule has 0 saturated carbocycles. The molecule has 0 spiro atoms. The summed E-state index contributed by atoms with van der Waals surface area (Å²) in [7, 11) is 0. The third kappa shape index (κ3) is 5.25. The lowest BCUT2D eigenvalue weighted by Gasteiger charge is -2.12. The van der Waals surface area contributed by atoms with Gasteiger partial charge in [0, 0.05) is 15.8 Å². The SMILES string of the molecule is CC(C)NCC(=O)Nc1ccccc1Sc1ccccc1. The van der Waals surface area contributed by atoms with Gasteiger partial charge < -0.3 is 10.6 Å². The van der Waals surface area contributed by atoms with E-state index in [1.165, 1.54) is 0 Å². The maximum atomic E-state index is 11.9. The Bertz CT molecular complexity index is 584. The van der Waals surface area contributed by atoms with Crippen LogP contribution in [0.4, 0.5) is 5.69 Å². The van der Waals surface area contributed by atoms with Crippen molar-refractivity contribution >= 4 is 23.4 Å². The van der Waals surface area contributed by atoms with Crippen LogP contribution in [-0.4, -0.2) is 18.5 Å². The van der Waals surface area contributed by atoms with Crippen LogP contribution >= 0.6 is 11.8 Å². The summed E-state index contributed by atoms with van der Waals surface area (Å²) in [6.45, 7) is 4.36. The molecule has 0 aliphatic heterocycles. The van der Waals surface area contributed by atoms with Gasteiger partial charge in [-0.2, -0.15) is 0 Å². The van der Waals surface area contributed by atoms with Crippen molar-refractivity contribution < 1.29 is 4.79 Å². The van der Waals surface area contributed by atoms with Gasteiger partial charge in [-0.15, -0.1) is 0 Å². The number of carbonyl (C=O) groups excluding carboxylic acids is 1. The lowest BCUT2D eigenvalue weighted by Crippen LogP contribution is -2.32. The molecule has 0 aromatic heterocycles. The fourth-order valence-corrected chi connectivity index (χ4v) is 2.69. The Balaban J connectivity index is 2.05. The monoisotopic (exact) mass is 300 g/mol. The van der Waals surface area contributed by atoms with Crippen molar-refractivity contribution in [2.24, 2.45) is 0 Å². The second-order valence-corrected chi connectivity index (χ2v) is 6.11. The number of hydrogen-bond acceptors (Lipinski definition) is 3. The van der Waals surface area contributed by atoms with Gasteiger partial charge in [0.2, 0.25) is 5.91 Å². The molecule has 0 heterocycles. The van der Waals surface area contributed by atoms with Gasteiger partial charge in [0.1, 0.15) is 0 Å². The molecular weight excluding hydrogens is 280 g/mol. The molecule has 0 saturated heterocycles. The first-order chi connectivity index (χ1) is 10.1. The van der Waals surface area contributed by atoms with E-state index in [2.05, 4.69) is 22.8 Å². The zero-order chi connectivity index (χ0) is 15.1. The summed E-state index contributed by atoms with van der Waals surface area (Å²) in [5.74, 6) is -0.0233. The molecule has 2 aromatic carbocycles. The summed E-state index contributed by atoms with van der Waals surface area (Å²) < 4.78 is 0. The van der Waals surface area contributed by atoms with Crippen molar-refractivity contribution in [3.05, 3.63) is 54.6 Å². The van der Waals surface area contributed by atoms with E-state index in [4.69, 9.17) is 0 Å². The Hall–Kier alpha value is -1.78. The Labute approximate surface area is 130 Å². The third-order valence-corrected chi connectivity index (χ3v) is 3.89. The maximum absolute atomic E-state index is 11.9. The summed E-state index contributed by atoms with van der Waals surface area (Å²) in [6.07, 6.45) is 0. The molecule has 0 unspecified atom stereocenters. The van der Waals surface area contributed by atoms with E-state index in [1.54, 1.807) is 11.8 Å². The molecule has 110 valence electrons. The van der Waals surface area contributed by atoms with E-state index in [1.807, 2.05) is 56.3 Å². The fraction of sp³-hybridized carbons (Fsp3) is 0.235. The van der Waals surface area contributed by atoms with Crippen LogP contribution < -0.4 is 10.6 Å². The number of rotatable bonds is 6. The molecule has 0 radical (unpaired) electrons. The number of hydrogen-bond donors (Lipinski definition) is 2. The third-order valence-electron chi connectivity index (χ3n) is 2.80. The molecule has 0 atom stereocenters. The summed E-state index contributed by atoms with van der Waals surface area (Å²) in [5.41, 5.74) is 0.849. The van der Waals surface area contributed by atoms with Gasteiger partial charge in [0.25, 0.3) is 0 Å². The van der Waals surface area contributed by atoms with Crippen LogP contribution in [-0.2, 0) is 4.79 Å². The lowest BCUT2D eigenvalue weighted by atomic mass is 10.3. The van der Waals surface area contributed by atoms with Crippen molar-refractivity contribution in [1.82, 2.24) is 5.32 Å². The Morgan fingerprint density at radius 2 is 1.71 bits per heavy atom. The minimum Gasteiger partial charge on any atom is -0.324 e. The molecule has 2 aromatic rings. The smallest absolute Gasteiger partial charge is 0.238 e. The fourth-order valence-electron chi connectivity index (χ4n) is 1.77. The number of anilines is 1. The molecule has 0 bridgehead atoms. The van der Waals surface area contributed by atoms with Crippen molar-refractivity contribution in [3.8, 4) is 0 Å². The van der Waals surface area contributed by atoms with E-state index >= 15 is 0 Å². The lowest BCUT2D eigenvalue weighted by molar-refractivity contribution is -0.115. The van der Waals surface area contributed by atoms with E-state index < -0.39 is 0 Å². The second-order valence-electron chi connectivity index (χ2n) is 5.00. The first kappa shape index (κ1) is 15.6. The summed E-state index contributed by atoms with van der Waals surface area (Å²) >= 11 is 1.65. The highest BCUT2D eigenvalue weighted by Crippen LogP contribution is 2.32. The number of nitrogens with one attached hydrogen (secondary N) is 2. The van der Waals surface area contributed by atoms with Gasteiger partial charge in [0.15, 0.2) is 0 Å². The topological polar surface area (TPSA) is 41.1 Å². The highest BCUT2D eigenvalue weighted by molar-refractivity contribution is 7.99. The number of carbonyl (C=O) groups is 1. The van der Waals surface area contributed by atoms with Crippen LogP contribution in [0.2, 0.25) is 0 Å². The van der Waals surface area contributed by atoms with Crippen molar-refractivity contribution in [2.75, 3.05) is 11.9 Å². The van der Waals surface area contributed by atoms with Gasteiger partial charge in [-0.05, 0) is 24.3 Å². The predicted octanol–water partition coefficient (Wildman–Crippen LogP) is 3.77. The van der Waals surface area contributed by atoms with Crippen LogP contribution in [0.15, 0.2) is 64.4 Å². The number of amides is 1. The van der Waals surface area contributed by atoms with Crippen molar-refractivity contribution in [3.63, 3.8) is 0 Å². The zero-order valence-electron chi connectivity index (χ0n) is 12.3. The first-order valence-corrected chi connectivity index (χ1v) is 7.82. The standard InChI is InChI=1S/C17H20N2OS/c1-13(2)18-12-17(20)19-15-10-6-7-11-16(15)21-14-8-4-3-5-9-14/h3-11,13,18H,12H2,1-2H3,(H,19,20). The highest BCUT2D eigenvalue weighted by atomic mass is 32.2. The van der Waals surface area contributed by atoms with Crippen LogP contribution in [0, 0.1) is 0 Å². The molecule has 2 rings (SSSR count). The zero-order valence-corrected chi connectivity index (χ0v) is 13.1. The van der Waals surface area contributed by atoms with Gasteiger partial charge in [-0.25, -0.2) is 0 Å². The average Bonchev–Trinajstić information content (AvgIpc) is 2.48. The molecule has 21 heavy (non-hydrogen) atoms. The first-order valence-electron chi connectivity index (χ1n) is 7.00. The van der Waals surface area contributed by atoms with E-state index in [-0.39, 0.29) is 5.91 Å². The second kappa shape index (κ2) is 7.86. The number of para-hydroxylation sites is 1. The molecular formula is C17H20N2OS. The minimum atomic E-state index is -0.0233. The Kier molecular flexibility index (Phi) is 5.84. The van der Waals surface area contributed by atoms with Crippen LogP contribution in [0.1, 0.15) is 13.8 Å². The van der Waals surface area contributed by atoms with Gasteiger partial charge in [-0.3, -0.25) is 4.79 Å². The maximum Gasteiger partial charge on any atom is 0.238 e. The highest BCUT2D eigenvalue weighted by Gasteiger charge is 2.08. The number of benzene rings is 2. The van der Waals surface area contributed by atoms with Crippen molar-refractivity contribution in [1.29, 1.82) is 0 Å². The van der Waals surface area contributed by atoms with Crippen LogP contribution in [0.25, 0.3) is 0 Å². The van der Waals surface area contributed by atoms with E-state index in [0.717, 1.165) is 15.5 Å². The average molecular weight is 300 g/mol.